The number of carbonyl (C=O) groups excluding carboxylic acids is 1. The first-order valence-electron chi connectivity index (χ1n) is 9.89. The van der Waals surface area contributed by atoms with Crippen LogP contribution in [0.25, 0.3) is 10.9 Å². The number of fused-ring (bicyclic) bond motifs is 1. The van der Waals surface area contributed by atoms with Crippen LogP contribution >= 0.6 is 0 Å². The number of aromatic nitrogens is 1. The summed E-state index contributed by atoms with van der Waals surface area (Å²) in [5.74, 6) is -0.851. The molecular formula is C19H25FN4O4S. The third kappa shape index (κ3) is 3.77. The van der Waals surface area contributed by atoms with Crippen LogP contribution in [0.1, 0.15) is 43.6 Å². The second-order valence-corrected chi connectivity index (χ2v) is 9.59. The molecule has 2 aromatic rings. The molecule has 0 radical (unpaired) electrons. The average molecular weight is 424 g/mol. The number of H-pyrrole nitrogens is 1. The topological polar surface area (TPSA) is 106 Å². The number of rotatable bonds is 4. The zero-order valence-electron chi connectivity index (χ0n) is 16.0. The van der Waals surface area contributed by atoms with Crippen molar-refractivity contribution in [3.8, 4) is 0 Å². The van der Waals surface area contributed by atoms with Crippen LogP contribution in [0.3, 0.4) is 0 Å². The van der Waals surface area contributed by atoms with Gasteiger partial charge in [0.2, 0.25) is 0 Å². The van der Waals surface area contributed by atoms with E-state index in [1.165, 1.54) is 20.7 Å². The highest BCUT2D eigenvalue weighted by atomic mass is 32.2. The van der Waals surface area contributed by atoms with E-state index in [0.29, 0.717) is 38.8 Å². The Labute approximate surface area is 168 Å². The van der Waals surface area contributed by atoms with Crippen molar-refractivity contribution in [3.05, 3.63) is 35.8 Å². The molecule has 1 amide bonds. The SMILES string of the molecule is O=C(NO)C1CCCCN1S(=O)(=O)N1CCC(c2c[nH]c3ccc(F)cc23)CC1. The summed E-state index contributed by atoms with van der Waals surface area (Å²) in [4.78, 5) is 15.1. The Balaban J connectivity index is 1.49. The van der Waals surface area contributed by atoms with Crippen LogP contribution in [0, 0.1) is 5.82 Å². The van der Waals surface area contributed by atoms with Gasteiger partial charge in [0, 0.05) is 36.7 Å². The maximum atomic E-state index is 13.7. The molecule has 29 heavy (non-hydrogen) atoms. The van der Waals surface area contributed by atoms with Crippen LogP contribution in [0.4, 0.5) is 4.39 Å². The van der Waals surface area contributed by atoms with Crippen LogP contribution in [-0.2, 0) is 15.0 Å². The molecule has 0 saturated carbocycles. The summed E-state index contributed by atoms with van der Waals surface area (Å²) in [7, 11) is -3.80. The fourth-order valence-electron chi connectivity index (χ4n) is 4.52. The number of halogens is 1. The summed E-state index contributed by atoms with van der Waals surface area (Å²) < 4.78 is 42.6. The van der Waals surface area contributed by atoms with Gasteiger partial charge in [-0.2, -0.15) is 17.0 Å². The van der Waals surface area contributed by atoms with Gasteiger partial charge in [0.25, 0.3) is 16.1 Å². The van der Waals surface area contributed by atoms with Gasteiger partial charge in [-0.25, -0.2) is 9.87 Å². The van der Waals surface area contributed by atoms with E-state index in [2.05, 4.69) is 4.98 Å². The molecule has 8 nitrogen and oxygen atoms in total. The van der Waals surface area contributed by atoms with E-state index >= 15 is 0 Å². The van der Waals surface area contributed by atoms with Gasteiger partial charge in [-0.1, -0.05) is 6.42 Å². The maximum Gasteiger partial charge on any atom is 0.282 e. The lowest BCUT2D eigenvalue weighted by atomic mass is 9.90. The van der Waals surface area contributed by atoms with Crippen LogP contribution in [0.15, 0.2) is 24.4 Å². The van der Waals surface area contributed by atoms with Crippen LogP contribution in [-0.4, -0.2) is 58.8 Å². The first-order chi connectivity index (χ1) is 13.9. The number of hydrogen-bond acceptors (Lipinski definition) is 4. The van der Waals surface area contributed by atoms with E-state index in [1.807, 2.05) is 6.20 Å². The van der Waals surface area contributed by atoms with Crippen molar-refractivity contribution in [2.45, 2.75) is 44.1 Å². The van der Waals surface area contributed by atoms with Crippen LogP contribution in [0.2, 0.25) is 0 Å². The van der Waals surface area contributed by atoms with Gasteiger partial charge in [0.15, 0.2) is 0 Å². The number of hydroxylamine groups is 1. The van der Waals surface area contributed by atoms with Crippen molar-refractivity contribution in [1.29, 1.82) is 0 Å². The molecule has 0 bridgehead atoms. The number of carbonyl (C=O) groups is 1. The average Bonchev–Trinajstić information content (AvgIpc) is 3.16. The summed E-state index contributed by atoms with van der Waals surface area (Å²) in [5, 5.41) is 9.80. The summed E-state index contributed by atoms with van der Waals surface area (Å²) in [5.41, 5.74) is 3.46. The second-order valence-electron chi connectivity index (χ2n) is 7.71. The zero-order valence-corrected chi connectivity index (χ0v) is 16.8. The van der Waals surface area contributed by atoms with Gasteiger partial charge in [-0.05, 0) is 55.4 Å². The molecule has 2 fully saturated rings. The molecule has 2 saturated heterocycles. The molecule has 3 N–H and O–H groups in total. The van der Waals surface area contributed by atoms with Gasteiger partial charge in [0.05, 0.1) is 0 Å². The zero-order chi connectivity index (χ0) is 20.6. The summed E-state index contributed by atoms with van der Waals surface area (Å²) >= 11 is 0. The van der Waals surface area contributed by atoms with E-state index < -0.39 is 22.2 Å². The molecule has 4 rings (SSSR count). The Hall–Kier alpha value is -2.01. The van der Waals surface area contributed by atoms with Gasteiger partial charge < -0.3 is 4.98 Å². The molecule has 2 aliphatic rings. The van der Waals surface area contributed by atoms with E-state index in [9.17, 15) is 17.6 Å². The molecule has 2 aliphatic heterocycles. The first kappa shape index (κ1) is 20.3. The van der Waals surface area contributed by atoms with Crippen LogP contribution in [0.5, 0.6) is 0 Å². The Bertz CT molecular complexity index is 1000. The van der Waals surface area contributed by atoms with Crippen molar-refractivity contribution in [3.63, 3.8) is 0 Å². The number of nitrogens with zero attached hydrogens (tertiary/aromatic N) is 2. The van der Waals surface area contributed by atoms with Gasteiger partial charge in [-0.3, -0.25) is 10.0 Å². The lowest BCUT2D eigenvalue weighted by Gasteiger charge is -2.39. The van der Waals surface area contributed by atoms with Crippen molar-refractivity contribution < 1.29 is 22.8 Å². The quantitative estimate of drug-likeness (QED) is 0.516. The normalized spacial score (nSPS) is 22.8. The van der Waals surface area contributed by atoms with Crippen LogP contribution < -0.4 is 5.48 Å². The number of nitrogens with one attached hydrogen (secondary N) is 2. The second kappa shape index (κ2) is 8.02. The Morgan fingerprint density at radius 2 is 1.93 bits per heavy atom. The standard InChI is InChI=1S/C19H25FN4O4S/c20-14-4-5-17-15(11-14)16(12-21-17)13-6-9-23(10-7-13)29(27,28)24-8-2-1-3-18(24)19(25)22-26/h4-5,11-13,18,21,26H,1-3,6-10H2,(H,22,25). The molecular weight excluding hydrogens is 399 g/mol. The van der Waals surface area contributed by atoms with E-state index in [-0.39, 0.29) is 18.3 Å². The van der Waals surface area contributed by atoms with Gasteiger partial charge >= 0.3 is 0 Å². The third-order valence-electron chi connectivity index (χ3n) is 6.06. The fourth-order valence-corrected chi connectivity index (χ4v) is 6.37. The number of aromatic amines is 1. The first-order valence-corrected chi connectivity index (χ1v) is 11.3. The van der Waals surface area contributed by atoms with E-state index in [4.69, 9.17) is 5.21 Å². The summed E-state index contributed by atoms with van der Waals surface area (Å²) in [6.07, 6.45) is 4.93. The van der Waals surface area contributed by atoms with Crippen molar-refractivity contribution in [2.75, 3.05) is 19.6 Å². The highest BCUT2D eigenvalue weighted by molar-refractivity contribution is 7.86. The lowest BCUT2D eigenvalue weighted by molar-refractivity contribution is -0.134. The van der Waals surface area contributed by atoms with Crippen molar-refractivity contribution in [1.82, 2.24) is 19.1 Å². The predicted octanol–water partition coefficient (Wildman–Crippen LogP) is 2.09. The highest BCUT2D eigenvalue weighted by Gasteiger charge is 2.41. The minimum absolute atomic E-state index is 0.134. The Morgan fingerprint density at radius 1 is 1.17 bits per heavy atom. The lowest BCUT2D eigenvalue weighted by Crippen LogP contribution is -2.56. The van der Waals surface area contributed by atoms with Crippen molar-refractivity contribution >= 4 is 27.0 Å². The Morgan fingerprint density at radius 3 is 2.66 bits per heavy atom. The molecule has 0 spiro atoms. The fraction of sp³-hybridized carbons (Fsp3) is 0.526. The molecule has 1 unspecified atom stereocenters. The van der Waals surface area contributed by atoms with E-state index in [0.717, 1.165) is 22.9 Å². The van der Waals surface area contributed by atoms with Gasteiger partial charge in [0.1, 0.15) is 11.9 Å². The molecule has 10 heteroatoms. The van der Waals surface area contributed by atoms with E-state index in [1.54, 1.807) is 11.5 Å². The number of hydrogen-bond donors (Lipinski definition) is 3. The molecule has 158 valence electrons. The van der Waals surface area contributed by atoms with Gasteiger partial charge in [-0.15, -0.1) is 0 Å². The molecule has 3 heterocycles. The minimum atomic E-state index is -3.80. The minimum Gasteiger partial charge on any atom is -0.361 e. The molecule has 1 aromatic carbocycles. The Kier molecular flexibility index (Phi) is 5.60. The molecule has 1 atom stereocenters. The third-order valence-corrected chi connectivity index (χ3v) is 8.11. The largest absolute Gasteiger partial charge is 0.361 e. The molecule has 1 aromatic heterocycles. The van der Waals surface area contributed by atoms with Crippen molar-refractivity contribution in [2.24, 2.45) is 0 Å². The summed E-state index contributed by atoms with van der Waals surface area (Å²) in [6.45, 7) is 0.931. The monoisotopic (exact) mass is 424 g/mol. The maximum absolute atomic E-state index is 13.7. The molecule has 0 aliphatic carbocycles. The summed E-state index contributed by atoms with van der Waals surface area (Å²) in [6, 6.07) is 3.75. The number of piperidine rings is 2. The number of amides is 1. The number of benzene rings is 1. The highest BCUT2D eigenvalue weighted by Crippen LogP contribution is 2.35. The smallest absolute Gasteiger partial charge is 0.282 e. The predicted molar refractivity (Wildman–Crippen MR) is 105 cm³/mol.